The van der Waals surface area contributed by atoms with Crippen molar-refractivity contribution in [2.24, 2.45) is 0 Å². The average Bonchev–Trinajstić information content (AvgIpc) is 2.35. The smallest absolute Gasteiger partial charge is 0.145 e. The zero-order valence-electron chi connectivity index (χ0n) is 8.88. The van der Waals surface area contributed by atoms with Crippen molar-refractivity contribution in [3.05, 3.63) is 64.1 Å². The Morgan fingerprint density at radius 2 is 1.71 bits per heavy atom. The lowest BCUT2D eigenvalue weighted by molar-refractivity contribution is 0.556. The molecule has 0 radical (unpaired) electrons. The first-order chi connectivity index (χ1) is 8.18. The third-order valence-electron chi connectivity index (χ3n) is 2.38. The van der Waals surface area contributed by atoms with E-state index in [-0.39, 0.29) is 16.6 Å². The molecule has 1 nitrogen and oxygen atoms in total. The highest BCUT2D eigenvalue weighted by atomic mass is 79.9. The quantitative estimate of drug-likeness (QED) is 0.831. The molecule has 0 unspecified atom stereocenters. The van der Waals surface area contributed by atoms with Crippen LogP contribution in [0.15, 0.2) is 46.9 Å². The summed E-state index contributed by atoms with van der Waals surface area (Å²) >= 11 is 3.04. The van der Waals surface area contributed by atoms with Gasteiger partial charge >= 0.3 is 0 Å². The first kappa shape index (κ1) is 12.0. The lowest BCUT2D eigenvalue weighted by Crippen LogP contribution is -2.05. The standard InChI is InChI=1S/C13H10BrF2N/c14-11-6-7-12(15)10(13(11)16)8-17-9-4-2-1-3-5-9/h1-7,17H,8H2. The molecule has 0 saturated heterocycles. The van der Waals surface area contributed by atoms with Crippen LogP contribution < -0.4 is 5.32 Å². The molecule has 0 saturated carbocycles. The molecule has 0 atom stereocenters. The molecule has 2 aromatic rings. The average molecular weight is 298 g/mol. The second-order valence-corrected chi connectivity index (χ2v) is 4.40. The Bertz CT molecular complexity index is 514. The van der Waals surface area contributed by atoms with Crippen molar-refractivity contribution >= 4 is 21.6 Å². The van der Waals surface area contributed by atoms with Crippen LogP contribution in [0.5, 0.6) is 0 Å². The minimum atomic E-state index is -0.562. The van der Waals surface area contributed by atoms with Gasteiger partial charge in [-0.05, 0) is 40.2 Å². The van der Waals surface area contributed by atoms with Gasteiger partial charge in [-0.3, -0.25) is 0 Å². The predicted octanol–water partition coefficient (Wildman–Crippen LogP) is 4.34. The first-order valence-electron chi connectivity index (χ1n) is 5.10. The molecule has 17 heavy (non-hydrogen) atoms. The van der Waals surface area contributed by atoms with Gasteiger partial charge in [-0.2, -0.15) is 0 Å². The maximum atomic E-state index is 13.6. The summed E-state index contributed by atoms with van der Waals surface area (Å²) in [5.74, 6) is -1.11. The normalized spacial score (nSPS) is 10.3. The molecule has 0 aliphatic rings. The summed E-state index contributed by atoms with van der Waals surface area (Å²) in [7, 11) is 0. The van der Waals surface area contributed by atoms with Gasteiger partial charge in [-0.15, -0.1) is 0 Å². The van der Waals surface area contributed by atoms with Crippen LogP contribution in [0.2, 0.25) is 0 Å². The fraction of sp³-hybridized carbons (Fsp3) is 0.0769. The molecule has 4 heteroatoms. The van der Waals surface area contributed by atoms with E-state index in [0.29, 0.717) is 0 Å². The summed E-state index contributed by atoms with van der Waals surface area (Å²) in [6.45, 7) is 0.112. The Hall–Kier alpha value is -1.42. The van der Waals surface area contributed by atoms with Crippen LogP contribution in [-0.2, 0) is 6.54 Å². The van der Waals surface area contributed by atoms with Crippen LogP contribution in [0, 0.1) is 11.6 Å². The maximum absolute atomic E-state index is 13.6. The third kappa shape index (κ3) is 2.82. The number of hydrogen-bond acceptors (Lipinski definition) is 1. The molecule has 0 heterocycles. The second-order valence-electron chi connectivity index (χ2n) is 3.54. The van der Waals surface area contributed by atoms with E-state index >= 15 is 0 Å². The Morgan fingerprint density at radius 1 is 1.00 bits per heavy atom. The van der Waals surface area contributed by atoms with E-state index in [1.165, 1.54) is 12.1 Å². The topological polar surface area (TPSA) is 12.0 Å². The summed E-state index contributed by atoms with van der Waals surface area (Å²) in [5.41, 5.74) is 0.856. The van der Waals surface area contributed by atoms with Crippen molar-refractivity contribution in [2.75, 3.05) is 5.32 Å². The predicted molar refractivity (Wildman–Crippen MR) is 67.8 cm³/mol. The zero-order chi connectivity index (χ0) is 12.3. The van der Waals surface area contributed by atoms with Crippen molar-refractivity contribution in [3.8, 4) is 0 Å². The van der Waals surface area contributed by atoms with E-state index in [1.54, 1.807) is 0 Å². The highest BCUT2D eigenvalue weighted by Gasteiger charge is 2.11. The molecular formula is C13H10BrF2N. The van der Waals surface area contributed by atoms with Crippen LogP contribution in [-0.4, -0.2) is 0 Å². The van der Waals surface area contributed by atoms with Crippen LogP contribution in [0.3, 0.4) is 0 Å². The van der Waals surface area contributed by atoms with Gasteiger partial charge in [-0.1, -0.05) is 18.2 Å². The van der Waals surface area contributed by atoms with E-state index in [1.807, 2.05) is 30.3 Å². The lowest BCUT2D eigenvalue weighted by atomic mass is 10.2. The molecule has 0 aliphatic heterocycles. The summed E-state index contributed by atoms with van der Waals surface area (Å²) in [5, 5.41) is 2.97. The van der Waals surface area contributed by atoms with Crippen molar-refractivity contribution in [1.29, 1.82) is 0 Å². The molecule has 0 amide bonds. The van der Waals surface area contributed by atoms with Crippen LogP contribution in [0.4, 0.5) is 14.5 Å². The summed E-state index contributed by atoms with van der Waals surface area (Å²) < 4.78 is 27.3. The minimum Gasteiger partial charge on any atom is -0.381 e. The Labute approximate surface area is 107 Å². The van der Waals surface area contributed by atoms with E-state index in [4.69, 9.17) is 0 Å². The van der Waals surface area contributed by atoms with Gasteiger partial charge in [0, 0.05) is 17.8 Å². The number of halogens is 3. The Morgan fingerprint density at radius 3 is 2.41 bits per heavy atom. The lowest BCUT2D eigenvalue weighted by Gasteiger charge is -2.09. The van der Waals surface area contributed by atoms with Crippen LogP contribution in [0.25, 0.3) is 0 Å². The fourth-order valence-electron chi connectivity index (χ4n) is 1.48. The molecule has 0 fully saturated rings. The monoisotopic (exact) mass is 297 g/mol. The summed E-state index contributed by atoms with van der Waals surface area (Å²) in [6.07, 6.45) is 0. The Kier molecular flexibility index (Phi) is 3.74. The zero-order valence-corrected chi connectivity index (χ0v) is 10.5. The largest absolute Gasteiger partial charge is 0.381 e. The van der Waals surface area contributed by atoms with Gasteiger partial charge in [0.2, 0.25) is 0 Å². The molecule has 88 valence electrons. The van der Waals surface area contributed by atoms with E-state index in [9.17, 15) is 8.78 Å². The number of benzene rings is 2. The van der Waals surface area contributed by atoms with Crippen LogP contribution >= 0.6 is 15.9 Å². The van der Waals surface area contributed by atoms with E-state index in [0.717, 1.165) is 5.69 Å². The molecule has 1 N–H and O–H groups in total. The number of hydrogen-bond donors (Lipinski definition) is 1. The third-order valence-corrected chi connectivity index (χ3v) is 2.99. The molecule has 0 bridgehead atoms. The molecule has 2 rings (SSSR count). The maximum Gasteiger partial charge on any atom is 0.145 e. The van der Waals surface area contributed by atoms with Crippen molar-refractivity contribution in [1.82, 2.24) is 0 Å². The highest BCUT2D eigenvalue weighted by Crippen LogP contribution is 2.22. The number of para-hydroxylation sites is 1. The van der Waals surface area contributed by atoms with Gasteiger partial charge in [0.1, 0.15) is 11.6 Å². The number of rotatable bonds is 3. The molecule has 0 spiro atoms. The SMILES string of the molecule is Fc1ccc(Br)c(F)c1CNc1ccccc1. The molecule has 2 aromatic carbocycles. The Balaban J connectivity index is 2.17. The van der Waals surface area contributed by atoms with Gasteiger partial charge in [0.05, 0.1) is 4.47 Å². The molecule has 0 aliphatic carbocycles. The van der Waals surface area contributed by atoms with Gasteiger partial charge in [-0.25, -0.2) is 8.78 Å². The fourth-order valence-corrected chi connectivity index (χ4v) is 1.85. The van der Waals surface area contributed by atoms with Crippen molar-refractivity contribution < 1.29 is 8.78 Å². The van der Waals surface area contributed by atoms with Crippen LogP contribution in [0.1, 0.15) is 5.56 Å². The van der Waals surface area contributed by atoms with Gasteiger partial charge in [0.25, 0.3) is 0 Å². The molecule has 0 aromatic heterocycles. The second kappa shape index (κ2) is 5.27. The summed E-state index contributed by atoms with van der Waals surface area (Å²) in [4.78, 5) is 0. The number of anilines is 1. The number of nitrogens with one attached hydrogen (secondary N) is 1. The first-order valence-corrected chi connectivity index (χ1v) is 5.89. The van der Waals surface area contributed by atoms with Crippen molar-refractivity contribution in [2.45, 2.75) is 6.54 Å². The van der Waals surface area contributed by atoms with E-state index in [2.05, 4.69) is 21.2 Å². The minimum absolute atomic E-state index is 0.0308. The van der Waals surface area contributed by atoms with Gasteiger partial charge in [0.15, 0.2) is 0 Å². The van der Waals surface area contributed by atoms with Crippen molar-refractivity contribution in [3.63, 3.8) is 0 Å². The highest BCUT2D eigenvalue weighted by molar-refractivity contribution is 9.10. The summed E-state index contributed by atoms with van der Waals surface area (Å²) in [6, 6.07) is 11.9. The van der Waals surface area contributed by atoms with Gasteiger partial charge < -0.3 is 5.32 Å². The molecular weight excluding hydrogens is 288 g/mol. The van der Waals surface area contributed by atoms with E-state index < -0.39 is 11.6 Å².